The summed E-state index contributed by atoms with van der Waals surface area (Å²) in [4.78, 5) is 0. The van der Waals surface area contributed by atoms with Crippen LogP contribution >= 0.6 is 0 Å². The molecule has 0 radical (unpaired) electrons. The number of rotatable bonds is 7. The van der Waals surface area contributed by atoms with Gasteiger partial charge in [-0.2, -0.15) is 0 Å². The van der Waals surface area contributed by atoms with Crippen molar-refractivity contribution in [3.8, 4) is 0 Å². The number of benzene rings is 2. The van der Waals surface area contributed by atoms with Crippen LogP contribution in [-0.4, -0.2) is 36.8 Å². The van der Waals surface area contributed by atoms with E-state index in [4.69, 9.17) is 0 Å². The zero-order valence-electron chi connectivity index (χ0n) is 13.9. The maximum absolute atomic E-state index is 10.5. The van der Waals surface area contributed by atoms with Gasteiger partial charge in [-0.3, -0.25) is 0 Å². The van der Waals surface area contributed by atoms with Crippen molar-refractivity contribution in [3.05, 3.63) is 48.0 Å². The zero-order valence-corrected chi connectivity index (χ0v) is 16.1. The summed E-state index contributed by atoms with van der Waals surface area (Å²) in [6.45, 7) is 4.42. The van der Waals surface area contributed by atoms with Crippen molar-refractivity contribution >= 4 is 10.8 Å². The van der Waals surface area contributed by atoms with E-state index >= 15 is 0 Å². The zero-order chi connectivity index (χ0) is 15.3. The van der Waals surface area contributed by atoms with Gasteiger partial charge in [-0.05, 0) is 28.8 Å². The average molecular weight is 413 g/mol. The van der Waals surface area contributed by atoms with Gasteiger partial charge in [0.15, 0.2) is 0 Å². The standard InChI is InChI=1S/C19H28NO.HI/c1-4-5-13-20(2,3)14-12-19(21)18-11-10-16-8-6-7-9-17(16)15-18;/h6-11,15,19,21H,4-5,12-14H2,1-3H3;1H/q+1;/p-1. The predicted octanol–water partition coefficient (Wildman–Crippen LogP) is 1.14. The summed E-state index contributed by atoms with van der Waals surface area (Å²) in [5.41, 5.74) is 1.03. The molecule has 0 bridgehead atoms. The smallest absolute Gasteiger partial charge is 0.0843 e. The third kappa shape index (κ3) is 5.52. The minimum atomic E-state index is -0.367. The molecule has 0 aliphatic heterocycles. The first-order valence-electron chi connectivity index (χ1n) is 8.00. The Kier molecular flexibility index (Phi) is 7.80. The highest BCUT2D eigenvalue weighted by Crippen LogP contribution is 2.23. The Hall–Kier alpha value is -0.650. The van der Waals surface area contributed by atoms with Crippen molar-refractivity contribution in [3.63, 3.8) is 0 Å². The Morgan fingerprint density at radius 2 is 1.68 bits per heavy atom. The quantitative estimate of drug-likeness (QED) is 0.534. The molecule has 122 valence electrons. The first-order valence-corrected chi connectivity index (χ1v) is 8.00. The first kappa shape index (κ1) is 19.4. The van der Waals surface area contributed by atoms with Crippen molar-refractivity contribution in [1.29, 1.82) is 0 Å². The van der Waals surface area contributed by atoms with Gasteiger partial charge in [-0.25, -0.2) is 0 Å². The Morgan fingerprint density at radius 1 is 1.00 bits per heavy atom. The molecule has 2 aromatic carbocycles. The molecule has 0 amide bonds. The maximum Gasteiger partial charge on any atom is 0.0843 e. The molecule has 1 unspecified atom stereocenters. The monoisotopic (exact) mass is 413 g/mol. The molecule has 22 heavy (non-hydrogen) atoms. The molecule has 0 heterocycles. The normalized spacial score (nSPS) is 12.9. The van der Waals surface area contributed by atoms with E-state index in [0.717, 1.165) is 23.0 Å². The second kappa shape index (κ2) is 8.85. The van der Waals surface area contributed by atoms with Crippen LogP contribution in [0.5, 0.6) is 0 Å². The van der Waals surface area contributed by atoms with Crippen LogP contribution in [0, 0.1) is 0 Å². The lowest BCUT2D eigenvalue weighted by atomic mass is 10.0. The first-order chi connectivity index (χ1) is 10.0. The topological polar surface area (TPSA) is 20.2 Å². The van der Waals surface area contributed by atoms with Crippen LogP contribution in [0.2, 0.25) is 0 Å². The Morgan fingerprint density at radius 3 is 2.36 bits per heavy atom. The van der Waals surface area contributed by atoms with Gasteiger partial charge in [0.2, 0.25) is 0 Å². The van der Waals surface area contributed by atoms with E-state index < -0.39 is 0 Å². The van der Waals surface area contributed by atoms with E-state index in [1.807, 2.05) is 12.1 Å². The number of quaternary nitrogens is 1. The highest BCUT2D eigenvalue weighted by atomic mass is 127. The van der Waals surface area contributed by atoms with E-state index in [-0.39, 0.29) is 30.1 Å². The number of aliphatic hydroxyl groups excluding tert-OH is 1. The fourth-order valence-corrected chi connectivity index (χ4v) is 2.75. The van der Waals surface area contributed by atoms with Crippen LogP contribution in [0.1, 0.15) is 37.9 Å². The van der Waals surface area contributed by atoms with E-state index in [2.05, 4.69) is 51.4 Å². The lowest BCUT2D eigenvalue weighted by Crippen LogP contribution is -3.00. The molecule has 0 spiro atoms. The molecular weight excluding hydrogens is 385 g/mol. The van der Waals surface area contributed by atoms with Gasteiger partial charge in [0.05, 0.1) is 33.3 Å². The highest BCUT2D eigenvalue weighted by Gasteiger charge is 2.17. The van der Waals surface area contributed by atoms with Crippen molar-refractivity contribution < 1.29 is 33.6 Å². The van der Waals surface area contributed by atoms with Crippen LogP contribution in [0.25, 0.3) is 10.8 Å². The van der Waals surface area contributed by atoms with E-state index in [1.165, 1.54) is 30.2 Å². The number of halogens is 1. The summed E-state index contributed by atoms with van der Waals surface area (Å²) in [5.74, 6) is 0. The molecule has 0 fully saturated rings. The molecule has 0 aliphatic rings. The number of fused-ring (bicyclic) bond motifs is 1. The molecule has 1 atom stereocenters. The van der Waals surface area contributed by atoms with Crippen molar-refractivity contribution in [2.75, 3.05) is 27.2 Å². The second-order valence-corrected chi connectivity index (χ2v) is 6.65. The Bertz CT molecular complexity index is 582. The number of unbranched alkanes of at least 4 members (excludes halogenated alkanes) is 1. The average Bonchev–Trinajstić information content (AvgIpc) is 2.50. The van der Waals surface area contributed by atoms with Crippen molar-refractivity contribution in [2.24, 2.45) is 0 Å². The predicted molar refractivity (Wildman–Crippen MR) is 90.3 cm³/mol. The molecule has 2 aromatic rings. The minimum Gasteiger partial charge on any atom is -1.00 e. The molecule has 1 N–H and O–H groups in total. The SMILES string of the molecule is CCCC[N+](C)(C)CCC(O)c1ccc2ccccc2c1.[I-]. The summed E-state index contributed by atoms with van der Waals surface area (Å²) >= 11 is 0. The summed E-state index contributed by atoms with van der Waals surface area (Å²) in [6, 6.07) is 14.6. The third-order valence-electron chi connectivity index (χ3n) is 4.28. The van der Waals surface area contributed by atoms with Crippen LogP contribution < -0.4 is 24.0 Å². The highest BCUT2D eigenvalue weighted by molar-refractivity contribution is 5.83. The third-order valence-corrected chi connectivity index (χ3v) is 4.28. The van der Waals surface area contributed by atoms with E-state index in [0.29, 0.717) is 0 Å². The fourth-order valence-electron chi connectivity index (χ4n) is 2.75. The fraction of sp³-hybridized carbons (Fsp3) is 0.474. The van der Waals surface area contributed by atoms with Crippen LogP contribution in [0.15, 0.2) is 42.5 Å². The molecule has 0 aromatic heterocycles. The van der Waals surface area contributed by atoms with Gasteiger partial charge < -0.3 is 33.6 Å². The molecule has 0 saturated heterocycles. The lowest BCUT2D eigenvalue weighted by molar-refractivity contribution is -0.891. The van der Waals surface area contributed by atoms with Crippen LogP contribution in [-0.2, 0) is 0 Å². The molecular formula is C19H28INO. The van der Waals surface area contributed by atoms with Crippen LogP contribution in [0.4, 0.5) is 0 Å². The second-order valence-electron chi connectivity index (χ2n) is 6.65. The number of hydrogen-bond donors (Lipinski definition) is 1. The molecule has 2 nitrogen and oxygen atoms in total. The summed E-state index contributed by atoms with van der Waals surface area (Å²) < 4.78 is 0.985. The summed E-state index contributed by atoms with van der Waals surface area (Å²) in [6.07, 6.45) is 2.93. The van der Waals surface area contributed by atoms with E-state index in [9.17, 15) is 5.11 Å². The van der Waals surface area contributed by atoms with Gasteiger partial charge in [0, 0.05) is 6.42 Å². The molecule has 3 heteroatoms. The largest absolute Gasteiger partial charge is 1.00 e. The number of nitrogens with zero attached hydrogens (tertiary/aromatic N) is 1. The van der Waals surface area contributed by atoms with Gasteiger partial charge in [0.25, 0.3) is 0 Å². The molecule has 0 aliphatic carbocycles. The van der Waals surface area contributed by atoms with Gasteiger partial charge in [0.1, 0.15) is 0 Å². The van der Waals surface area contributed by atoms with Gasteiger partial charge in [-0.15, -0.1) is 0 Å². The number of hydrogen-bond acceptors (Lipinski definition) is 1. The van der Waals surface area contributed by atoms with Crippen molar-refractivity contribution in [1.82, 2.24) is 0 Å². The van der Waals surface area contributed by atoms with Gasteiger partial charge >= 0.3 is 0 Å². The maximum atomic E-state index is 10.5. The lowest BCUT2D eigenvalue weighted by Gasteiger charge is -2.30. The Balaban J connectivity index is 0.00000242. The number of aliphatic hydroxyl groups is 1. The minimum absolute atomic E-state index is 0. The van der Waals surface area contributed by atoms with E-state index in [1.54, 1.807) is 0 Å². The van der Waals surface area contributed by atoms with Crippen molar-refractivity contribution in [2.45, 2.75) is 32.3 Å². The molecule has 0 saturated carbocycles. The molecule has 2 rings (SSSR count). The Labute approximate surface area is 151 Å². The summed E-state index contributed by atoms with van der Waals surface area (Å²) in [7, 11) is 4.51. The van der Waals surface area contributed by atoms with Crippen LogP contribution in [0.3, 0.4) is 0 Å². The van der Waals surface area contributed by atoms with Gasteiger partial charge in [-0.1, -0.05) is 49.7 Å². The summed E-state index contributed by atoms with van der Waals surface area (Å²) in [5, 5.41) is 12.9.